The second kappa shape index (κ2) is 8.28. The van der Waals surface area contributed by atoms with E-state index in [-0.39, 0.29) is 18.1 Å². The molecule has 32 heavy (non-hydrogen) atoms. The molecule has 0 bridgehead atoms. The maximum absolute atomic E-state index is 13.0. The van der Waals surface area contributed by atoms with Crippen LogP contribution in [0.3, 0.4) is 0 Å². The highest BCUT2D eigenvalue weighted by molar-refractivity contribution is 7.15. The van der Waals surface area contributed by atoms with E-state index in [1.807, 2.05) is 73.7 Å². The number of nitrogens with zero attached hydrogens (tertiary/aromatic N) is 2. The number of carbonyl (C=O) groups is 1. The normalized spacial score (nSPS) is 11.8. The molecule has 0 aliphatic rings. The first kappa shape index (κ1) is 20.0. The van der Waals surface area contributed by atoms with Gasteiger partial charge in [0, 0.05) is 11.3 Å². The van der Waals surface area contributed by atoms with E-state index in [2.05, 4.69) is 10.3 Å². The highest BCUT2D eigenvalue weighted by Gasteiger charge is 2.12. The van der Waals surface area contributed by atoms with Crippen LogP contribution in [0.2, 0.25) is 0 Å². The van der Waals surface area contributed by atoms with Crippen LogP contribution in [-0.4, -0.2) is 21.9 Å². The molecule has 0 atom stereocenters. The topological polar surface area (TPSA) is 72.7 Å². The molecule has 7 heteroatoms. The summed E-state index contributed by atoms with van der Waals surface area (Å²) < 4.78 is 7.95. The van der Waals surface area contributed by atoms with Crippen molar-refractivity contribution < 1.29 is 9.53 Å². The molecule has 0 aliphatic carbocycles. The Kier molecular flexibility index (Phi) is 5.17. The summed E-state index contributed by atoms with van der Waals surface area (Å²) in [6.07, 6.45) is 1.78. The molecule has 1 amide bonds. The summed E-state index contributed by atoms with van der Waals surface area (Å²) in [5, 5.41) is 2.82. The second-order valence-electron chi connectivity index (χ2n) is 7.38. The number of imidazole rings is 1. The molecular formula is C25H19N3O3S. The predicted molar refractivity (Wildman–Crippen MR) is 127 cm³/mol. The minimum atomic E-state index is -0.255. The first-order chi connectivity index (χ1) is 15.6. The van der Waals surface area contributed by atoms with Crippen molar-refractivity contribution in [1.82, 2.24) is 9.38 Å². The van der Waals surface area contributed by atoms with Gasteiger partial charge in [-0.25, -0.2) is 9.38 Å². The Labute approximate surface area is 187 Å². The molecule has 0 unspecified atom stereocenters. The first-order valence-corrected chi connectivity index (χ1v) is 10.9. The molecule has 5 rings (SSSR count). The molecule has 0 saturated carbocycles. The van der Waals surface area contributed by atoms with Crippen LogP contribution >= 0.6 is 11.3 Å². The van der Waals surface area contributed by atoms with Gasteiger partial charge in [0.25, 0.3) is 11.5 Å². The van der Waals surface area contributed by atoms with Gasteiger partial charge < -0.3 is 10.1 Å². The van der Waals surface area contributed by atoms with Crippen LogP contribution in [-0.2, 0) is 4.79 Å². The number of thiazole rings is 1. The van der Waals surface area contributed by atoms with Crippen LogP contribution in [0.15, 0.2) is 77.6 Å². The van der Waals surface area contributed by atoms with Gasteiger partial charge >= 0.3 is 0 Å². The zero-order valence-electron chi connectivity index (χ0n) is 17.2. The third-order valence-corrected chi connectivity index (χ3v) is 6.01. The number of amides is 1. The van der Waals surface area contributed by atoms with Crippen LogP contribution < -0.4 is 20.1 Å². The van der Waals surface area contributed by atoms with E-state index in [0.717, 1.165) is 22.2 Å². The number of nitrogens with one attached hydrogen (secondary N) is 1. The highest BCUT2D eigenvalue weighted by atomic mass is 32.1. The number of rotatable bonds is 5. The lowest BCUT2D eigenvalue weighted by molar-refractivity contribution is -0.118. The van der Waals surface area contributed by atoms with E-state index in [4.69, 9.17) is 4.74 Å². The molecule has 158 valence electrons. The van der Waals surface area contributed by atoms with Crippen molar-refractivity contribution in [2.45, 2.75) is 6.92 Å². The lowest BCUT2D eigenvalue weighted by atomic mass is 10.2. The average Bonchev–Trinajstić information content (AvgIpc) is 3.31. The predicted octanol–water partition coefficient (Wildman–Crippen LogP) is 3.78. The number of aromatic nitrogens is 2. The number of benzene rings is 3. The Bertz CT molecular complexity index is 1550. The van der Waals surface area contributed by atoms with E-state index in [0.29, 0.717) is 20.9 Å². The summed E-state index contributed by atoms with van der Waals surface area (Å²) in [5.74, 6) is 0.274. The average molecular weight is 442 g/mol. The molecule has 1 N–H and O–H groups in total. The quantitative estimate of drug-likeness (QED) is 0.451. The molecule has 0 radical (unpaired) electrons. The molecule has 2 heterocycles. The molecule has 6 nitrogen and oxygen atoms in total. The van der Waals surface area contributed by atoms with Gasteiger partial charge in [-0.1, -0.05) is 59.4 Å². The van der Waals surface area contributed by atoms with E-state index in [9.17, 15) is 9.59 Å². The molecule has 5 aromatic rings. The zero-order valence-corrected chi connectivity index (χ0v) is 18.1. The minimum absolute atomic E-state index is 0.120. The van der Waals surface area contributed by atoms with Crippen molar-refractivity contribution in [3.05, 3.63) is 98.8 Å². The number of para-hydroxylation sites is 3. The fourth-order valence-corrected chi connectivity index (χ4v) is 4.44. The van der Waals surface area contributed by atoms with E-state index >= 15 is 0 Å². The highest BCUT2D eigenvalue weighted by Crippen LogP contribution is 2.20. The van der Waals surface area contributed by atoms with Crippen LogP contribution in [0.4, 0.5) is 5.69 Å². The summed E-state index contributed by atoms with van der Waals surface area (Å²) in [4.78, 5) is 30.5. The van der Waals surface area contributed by atoms with Crippen LogP contribution in [0, 0.1) is 6.92 Å². The van der Waals surface area contributed by atoms with E-state index in [1.54, 1.807) is 16.5 Å². The van der Waals surface area contributed by atoms with Crippen molar-refractivity contribution in [2.24, 2.45) is 0 Å². The number of anilines is 1. The maximum atomic E-state index is 13.0. The Hall–Kier alpha value is -3.97. The van der Waals surface area contributed by atoms with Gasteiger partial charge in [0.1, 0.15) is 5.75 Å². The molecule has 2 aromatic heterocycles. The molecule has 0 fully saturated rings. The van der Waals surface area contributed by atoms with Gasteiger partial charge in [-0.05, 0) is 43.3 Å². The summed E-state index contributed by atoms with van der Waals surface area (Å²) in [6, 6.07) is 22.5. The standard InChI is InChI=1S/C25H19N3O3S/c1-16-10-12-18(13-11-16)26-23(29)15-31-21-9-5-2-6-17(21)14-22-24(30)28-20-8-4-3-7-19(20)27-25(28)32-22/h2-14H,15H2,1H3,(H,26,29). The lowest BCUT2D eigenvalue weighted by Gasteiger charge is -2.09. The van der Waals surface area contributed by atoms with Crippen molar-refractivity contribution in [1.29, 1.82) is 0 Å². The number of hydrogen-bond donors (Lipinski definition) is 1. The number of ether oxygens (including phenoxy) is 1. The Balaban J connectivity index is 1.40. The Morgan fingerprint density at radius 2 is 1.81 bits per heavy atom. The fourth-order valence-electron chi connectivity index (χ4n) is 3.46. The van der Waals surface area contributed by atoms with E-state index in [1.165, 1.54) is 11.3 Å². The third-order valence-electron chi connectivity index (χ3n) is 5.04. The van der Waals surface area contributed by atoms with Gasteiger partial charge in [-0.2, -0.15) is 0 Å². The van der Waals surface area contributed by atoms with Crippen LogP contribution in [0.25, 0.3) is 22.1 Å². The van der Waals surface area contributed by atoms with Crippen LogP contribution in [0.5, 0.6) is 5.75 Å². The number of hydrogen-bond acceptors (Lipinski definition) is 5. The summed E-state index contributed by atoms with van der Waals surface area (Å²) in [7, 11) is 0. The SMILES string of the molecule is Cc1ccc(NC(=O)COc2ccccc2C=c2sc3nc4ccccc4n3c2=O)cc1. The Morgan fingerprint density at radius 3 is 2.66 bits per heavy atom. The van der Waals surface area contributed by atoms with Crippen molar-refractivity contribution in [2.75, 3.05) is 11.9 Å². The van der Waals surface area contributed by atoms with Gasteiger partial charge in [-0.15, -0.1) is 0 Å². The van der Waals surface area contributed by atoms with Crippen molar-refractivity contribution in [3.8, 4) is 5.75 Å². The molecular weight excluding hydrogens is 422 g/mol. The largest absolute Gasteiger partial charge is 0.483 e. The van der Waals surface area contributed by atoms with Gasteiger partial charge in [-0.3, -0.25) is 9.59 Å². The van der Waals surface area contributed by atoms with Crippen molar-refractivity contribution >= 4 is 45.0 Å². The molecule has 0 saturated heterocycles. The number of fused-ring (bicyclic) bond motifs is 3. The lowest BCUT2D eigenvalue weighted by Crippen LogP contribution is -2.23. The molecule has 3 aromatic carbocycles. The van der Waals surface area contributed by atoms with Crippen LogP contribution in [0.1, 0.15) is 11.1 Å². The van der Waals surface area contributed by atoms with Gasteiger partial charge in [0.15, 0.2) is 11.6 Å². The zero-order chi connectivity index (χ0) is 22.1. The molecule has 0 spiro atoms. The number of aryl methyl sites for hydroxylation is 1. The van der Waals surface area contributed by atoms with Gasteiger partial charge in [0.2, 0.25) is 0 Å². The summed E-state index contributed by atoms with van der Waals surface area (Å²) in [6.45, 7) is 1.85. The number of carbonyl (C=O) groups excluding carboxylic acids is 1. The minimum Gasteiger partial charge on any atom is -0.483 e. The first-order valence-electron chi connectivity index (χ1n) is 10.1. The fraction of sp³-hybridized carbons (Fsp3) is 0.0800. The summed E-state index contributed by atoms with van der Waals surface area (Å²) in [5.41, 5.74) is 4.03. The second-order valence-corrected chi connectivity index (χ2v) is 8.38. The van der Waals surface area contributed by atoms with E-state index < -0.39 is 0 Å². The van der Waals surface area contributed by atoms with Gasteiger partial charge in [0.05, 0.1) is 15.6 Å². The maximum Gasteiger partial charge on any atom is 0.274 e. The Morgan fingerprint density at radius 1 is 1.06 bits per heavy atom. The monoisotopic (exact) mass is 441 g/mol. The van der Waals surface area contributed by atoms with Crippen molar-refractivity contribution in [3.63, 3.8) is 0 Å². The smallest absolute Gasteiger partial charge is 0.274 e. The third kappa shape index (κ3) is 3.86. The molecule has 0 aliphatic heterocycles. The summed E-state index contributed by atoms with van der Waals surface area (Å²) >= 11 is 1.33.